The first-order valence-corrected chi connectivity index (χ1v) is 8.06. The van der Waals surface area contributed by atoms with Crippen LogP contribution in [0.25, 0.3) is 6.08 Å². The predicted molar refractivity (Wildman–Crippen MR) is 81.5 cm³/mol. The molecule has 6 heteroatoms. The fourth-order valence-corrected chi connectivity index (χ4v) is 4.24. The maximum Gasteiger partial charge on any atom is 0.164 e. The lowest BCUT2D eigenvalue weighted by molar-refractivity contribution is -0.136. The van der Waals surface area contributed by atoms with Gasteiger partial charge in [-0.2, -0.15) is 0 Å². The minimum Gasteiger partial charge on any atom is -0.465 e. The third-order valence-corrected chi connectivity index (χ3v) is 5.43. The lowest BCUT2D eigenvalue weighted by Gasteiger charge is -2.49. The van der Waals surface area contributed by atoms with E-state index in [0.717, 1.165) is 31.1 Å². The molecule has 1 aromatic rings. The van der Waals surface area contributed by atoms with Crippen LogP contribution in [-0.2, 0) is 11.4 Å². The van der Waals surface area contributed by atoms with Crippen molar-refractivity contribution in [2.24, 2.45) is 11.1 Å². The fourth-order valence-electron chi connectivity index (χ4n) is 4.24. The van der Waals surface area contributed by atoms with Crippen molar-refractivity contribution in [3.05, 3.63) is 29.9 Å². The Morgan fingerprint density at radius 1 is 1.32 bits per heavy atom. The summed E-state index contributed by atoms with van der Waals surface area (Å²) < 4.78 is 5.40. The van der Waals surface area contributed by atoms with Crippen molar-refractivity contribution in [3.8, 4) is 0 Å². The summed E-state index contributed by atoms with van der Waals surface area (Å²) in [4.78, 5) is 8.45. The van der Waals surface area contributed by atoms with Crippen LogP contribution in [0.2, 0.25) is 0 Å². The van der Waals surface area contributed by atoms with Gasteiger partial charge in [0.15, 0.2) is 11.4 Å². The van der Waals surface area contributed by atoms with Crippen LogP contribution >= 0.6 is 0 Å². The zero-order valence-electron chi connectivity index (χ0n) is 12.5. The number of oxime groups is 1. The van der Waals surface area contributed by atoms with Gasteiger partial charge in [-0.25, -0.2) is 0 Å². The van der Waals surface area contributed by atoms with Crippen LogP contribution in [0, 0.1) is 5.92 Å². The van der Waals surface area contributed by atoms with Gasteiger partial charge in [-0.05, 0) is 38.1 Å². The van der Waals surface area contributed by atoms with Gasteiger partial charge in [0.1, 0.15) is 5.76 Å². The molecule has 2 bridgehead atoms. The van der Waals surface area contributed by atoms with Gasteiger partial charge in [0, 0.05) is 24.2 Å². The molecule has 22 heavy (non-hydrogen) atoms. The fraction of sp³-hybridized carbons (Fsp3) is 0.562. The molecule has 6 rings (SSSR count). The first-order valence-electron chi connectivity index (χ1n) is 8.06. The highest BCUT2D eigenvalue weighted by atomic mass is 16.7. The molecule has 0 aromatic carbocycles. The van der Waals surface area contributed by atoms with E-state index in [9.17, 15) is 0 Å². The molecule has 116 valence electrons. The van der Waals surface area contributed by atoms with E-state index in [4.69, 9.17) is 9.25 Å². The average Bonchev–Trinajstić information content (AvgIpc) is 3.16. The average molecular weight is 300 g/mol. The highest BCUT2D eigenvalue weighted by molar-refractivity contribution is 5.83. The summed E-state index contributed by atoms with van der Waals surface area (Å²) in [7, 11) is 0. The molecule has 3 saturated heterocycles. The van der Waals surface area contributed by atoms with E-state index < -0.39 is 0 Å². The van der Waals surface area contributed by atoms with Crippen LogP contribution in [-0.4, -0.2) is 41.0 Å². The number of nitrogens with one attached hydrogen (secondary N) is 1. The van der Waals surface area contributed by atoms with Crippen LogP contribution < -0.4 is 5.43 Å². The van der Waals surface area contributed by atoms with E-state index in [1.54, 1.807) is 6.26 Å². The Balaban J connectivity index is 1.27. The maximum absolute atomic E-state index is 5.94. The molecule has 6 heterocycles. The molecule has 0 radical (unpaired) electrons. The molecule has 1 atom stereocenters. The van der Waals surface area contributed by atoms with Gasteiger partial charge < -0.3 is 9.25 Å². The van der Waals surface area contributed by atoms with Gasteiger partial charge in [0.25, 0.3) is 0 Å². The van der Waals surface area contributed by atoms with Gasteiger partial charge in [-0.15, -0.1) is 0 Å². The van der Waals surface area contributed by atoms with Crippen molar-refractivity contribution >= 4 is 11.9 Å². The normalized spacial score (nSPS) is 35.5. The zero-order chi connectivity index (χ0) is 14.6. The minimum atomic E-state index is -0.0842. The van der Waals surface area contributed by atoms with Crippen molar-refractivity contribution < 1.29 is 9.25 Å². The molecule has 1 unspecified atom stereocenters. The highest BCUT2D eigenvalue weighted by Gasteiger charge is 2.52. The third-order valence-electron chi connectivity index (χ3n) is 5.43. The van der Waals surface area contributed by atoms with E-state index >= 15 is 0 Å². The molecule has 1 aromatic heterocycles. The summed E-state index contributed by atoms with van der Waals surface area (Å²) in [6.07, 6.45) is 9.07. The number of amidine groups is 1. The highest BCUT2D eigenvalue weighted by Crippen LogP contribution is 2.43. The molecular weight excluding hydrogens is 280 g/mol. The first kappa shape index (κ1) is 12.6. The topological polar surface area (TPSA) is 53.2 Å². The Hall–Kier alpha value is -1.95. The number of hydrazine groups is 1. The SMILES string of the molecule is C1=CN(NC2=NOC3(C2)CN2CCC3CC2)Cc2ccoc21. The maximum atomic E-state index is 5.94. The van der Waals surface area contributed by atoms with Crippen LogP contribution in [0.3, 0.4) is 0 Å². The molecule has 1 N–H and O–H groups in total. The van der Waals surface area contributed by atoms with E-state index in [1.807, 2.05) is 23.4 Å². The Morgan fingerprint density at radius 3 is 3.05 bits per heavy atom. The summed E-state index contributed by atoms with van der Waals surface area (Å²) in [6.45, 7) is 4.24. The molecule has 1 spiro atoms. The Morgan fingerprint density at radius 2 is 2.23 bits per heavy atom. The van der Waals surface area contributed by atoms with E-state index in [1.165, 1.54) is 31.5 Å². The summed E-state index contributed by atoms with van der Waals surface area (Å²) in [5.41, 5.74) is 4.49. The second-order valence-corrected chi connectivity index (χ2v) is 6.79. The monoisotopic (exact) mass is 300 g/mol. The lowest BCUT2D eigenvalue weighted by atomic mass is 9.74. The van der Waals surface area contributed by atoms with Crippen molar-refractivity contribution in [2.45, 2.75) is 31.4 Å². The van der Waals surface area contributed by atoms with Crippen molar-refractivity contribution in [2.75, 3.05) is 19.6 Å². The minimum absolute atomic E-state index is 0.0842. The van der Waals surface area contributed by atoms with E-state index in [-0.39, 0.29) is 5.60 Å². The summed E-state index contributed by atoms with van der Waals surface area (Å²) >= 11 is 0. The first-order chi connectivity index (χ1) is 10.8. The largest absolute Gasteiger partial charge is 0.465 e. The Kier molecular flexibility index (Phi) is 2.59. The third kappa shape index (κ3) is 1.86. The zero-order valence-corrected chi connectivity index (χ0v) is 12.5. The van der Waals surface area contributed by atoms with Gasteiger partial charge in [-0.1, -0.05) is 5.16 Å². The lowest BCUT2D eigenvalue weighted by Crippen LogP contribution is -2.59. The molecule has 5 aliphatic rings. The Labute approximate surface area is 129 Å². The summed E-state index contributed by atoms with van der Waals surface area (Å²) in [5, 5.41) is 6.39. The molecule has 6 nitrogen and oxygen atoms in total. The molecule has 5 aliphatic heterocycles. The molecule has 0 amide bonds. The van der Waals surface area contributed by atoms with Crippen molar-refractivity contribution in [1.29, 1.82) is 0 Å². The number of rotatable bonds is 1. The van der Waals surface area contributed by atoms with Gasteiger partial charge >= 0.3 is 0 Å². The van der Waals surface area contributed by atoms with Gasteiger partial charge in [0.05, 0.1) is 19.2 Å². The van der Waals surface area contributed by atoms with E-state index in [2.05, 4.69) is 15.5 Å². The number of furan rings is 1. The summed E-state index contributed by atoms with van der Waals surface area (Å²) in [5.74, 6) is 2.53. The molecule has 3 fully saturated rings. The van der Waals surface area contributed by atoms with E-state index in [0.29, 0.717) is 5.92 Å². The Bertz CT molecular complexity index is 644. The second kappa shape index (κ2) is 4.52. The number of fused-ring (bicyclic) bond motifs is 3. The quantitative estimate of drug-likeness (QED) is 0.856. The number of piperidine rings is 3. The van der Waals surface area contributed by atoms with Crippen LogP contribution in [0.15, 0.2) is 28.1 Å². The van der Waals surface area contributed by atoms with Gasteiger partial charge in [0.2, 0.25) is 0 Å². The molecule has 0 aliphatic carbocycles. The summed E-state index contributed by atoms with van der Waals surface area (Å²) in [6, 6.07) is 2.01. The smallest absolute Gasteiger partial charge is 0.164 e. The predicted octanol–water partition coefficient (Wildman–Crippen LogP) is 1.77. The molecule has 0 saturated carbocycles. The standard InChI is InChI=1S/C16H20N4O2/c1-5-19-6-2-13(1)16(11-19)9-15(18-22-16)17-20-7-3-14-12(10-20)4-8-21-14/h3-4,7-8,13H,1-2,5-6,9-11H2,(H,17,18). The number of hydrogen-bond acceptors (Lipinski definition) is 6. The van der Waals surface area contributed by atoms with Crippen LogP contribution in [0.4, 0.5) is 0 Å². The number of hydrogen-bond donors (Lipinski definition) is 1. The van der Waals surface area contributed by atoms with Gasteiger partial charge in [-0.3, -0.25) is 15.3 Å². The second-order valence-electron chi connectivity index (χ2n) is 6.79. The molecular formula is C16H20N4O2. The number of nitrogens with zero attached hydrogens (tertiary/aromatic N) is 3. The van der Waals surface area contributed by atoms with Crippen molar-refractivity contribution in [3.63, 3.8) is 0 Å². The van der Waals surface area contributed by atoms with Crippen molar-refractivity contribution in [1.82, 2.24) is 15.3 Å². The van der Waals surface area contributed by atoms with Crippen LogP contribution in [0.1, 0.15) is 30.6 Å². The van der Waals surface area contributed by atoms with Crippen LogP contribution in [0.5, 0.6) is 0 Å².